The van der Waals surface area contributed by atoms with Crippen LogP contribution in [0.2, 0.25) is 0 Å². The molecule has 2 amide bonds. The Hall–Kier alpha value is -2.62. The first-order valence-corrected chi connectivity index (χ1v) is 8.30. The van der Waals surface area contributed by atoms with Gasteiger partial charge in [-0.25, -0.2) is 9.78 Å². The van der Waals surface area contributed by atoms with E-state index < -0.39 is 0 Å². The number of aromatic nitrogens is 4. The Morgan fingerprint density at radius 2 is 2.04 bits per heavy atom. The molecule has 1 N–H and O–H groups in total. The molecule has 2 aromatic heterocycles. The Morgan fingerprint density at radius 1 is 1.32 bits per heavy atom. The number of nitrogens with zero attached hydrogens (tertiary/aromatic N) is 6. The Balaban J connectivity index is 1.61. The van der Waals surface area contributed by atoms with E-state index in [1.807, 2.05) is 9.47 Å². The molecule has 0 aromatic carbocycles. The third-order valence-electron chi connectivity index (χ3n) is 4.64. The SMILES string of the molecule is CN(C)C(=O)N1CC(n2cnc3c(=O)[nH]c(N4CCOCC4)nc32)C1. The zero-order chi connectivity index (χ0) is 17.6. The maximum Gasteiger partial charge on any atom is 0.319 e. The highest BCUT2D eigenvalue weighted by atomic mass is 16.5. The number of carbonyl (C=O) groups excluding carboxylic acids is 1. The van der Waals surface area contributed by atoms with Gasteiger partial charge in [-0.2, -0.15) is 4.98 Å². The van der Waals surface area contributed by atoms with Crippen molar-refractivity contribution in [3.05, 3.63) is 16.7 Å². The quantitative estimate of drug-likeness (QED) is 0.786. The number of anilines is 1. The third kappa shape index (κ3) is 2.72. The Bertz CT molecular complexity index is 846. The number of likely N-dealkylation sites (tertiary alicyclic amines) is 1. The largest absolute Gasteiger partial charge is 0.378 e. The van der Waals surface area contributed by atoms with Gasteiger partial charge in [0, 0.05) is 40.3 Å². The molecule has 10 heteroatoms. The van der Waals surface area contributed by atoms with Crippen molar-refractivity contribution in [3.63, 3.8) is 0 Å². The summed E-state index contributed by atoms with van der Waals surface area (Å²) in [6.45, 7) is 3.79. The van der Waals surface area contributed by atoms with Gasteiger partial charge in [-0.15, -0.1) is 0 Å². The van der Waals surface area contributed by atoms with Gasteiger partial charge < -0.3 is 24.0 Å². The van der Waals surface area contributed by atoms with Crippen LogP contribution in [0.3, 0.4) is 0 Å². The zero-order valence-corrected chi connectivity index (χ0v) is 14.3. The average molecular weight is 347 g/mol. The molecule has 2 fully saturated rings. The second kappa shape index (κ2) is 6.03. The van der Waals surface area contributed by atoms with Gasteiger partial charge in [0.15, 0.2) is 11.2 Å². The van der Waals surface area contributed by atoms with Crippen molar-refractivity contribution >= 4 is 23.1 Å². The van der Waals surface area contributed by atoms with Gasteiger partial charge in [-0.3, -0.25) is 9.78 Å². The number of ether oxygens (including phenoxy) is 1. The van der Waals surface area contributed by atoms with Crippen LogP contribution in [0.15, 0.2) is 11.1 Å². The molecule has 0 radical (unpaired) electrons. The van der Waals surface area contributed by atoms with Crippen LogP contribution in [0.4, 0.5) is 10.7 Å². The van der Waals surface area contributed by atoms with Crippen LogP contribution in [-0.4, -0.2) is 88.8 Å². The highest BCUT2D eigenvalue weighted by molar-refractivity contribution is 5.75. The van der Waals surface area contributed by atoms with E-state index in [1.54, 1.807) is 30.2 Å². The Morgan fingerprint density at radius 3 is 2.72 bits per heavy atom. The van der Waals surface area contributed by atoms with Gasteiger partial charge in [0.1, 0.15) is 0 Å². The summed E-state index contributed by atoms with van der Waals surface area (Å²) >= 11 is 0. The van der Waals surface area contributed by atoms with Crippen LogP contribution in [0.5, 0.6) is 0 Å². The highest BCUT2D eigenvalue weighted by Crippen LogP contribution is 2.25. The monoisotopic (exact) mass is 347 g/mol. The van der Waals surface area contributed by atoms with E-state index in [1.165, 1.54) is 0 Å². The first-order valence-electron chi connectivity index (χ1n) is 8.30. The standard InChI is InChI=1S/C15H21N7O3/c1-19(2)15(24)21-7-10(8-21)22-9-16-11-12(22)17-14(18-13(11)23)20-3-5-25-6-4-20/h9-10H,3-8H2,1-2H3,(H,17,18,23). The smallest absolute Gasteiger partial charge is 0.319 e. The summed E-state index contributed by atoms with van der Waals surface area (Å²) in [6.07, 6.45) is 1.64. The lowest BCUT2D eigenvalue weighted by Crippen LogP contribution is -2.53. The fourth-order valence-corrected chi connectivity index (χ4v) is 3.18. The number of amides is 2. The summed E-state index contributed by atoms with van der Waals surface area (Å²) in [4.78, 5) is 41.3. The van der Waals surface area contributed by atoms with E-state index in [4.69, 9.17) is 4.74 Å². The zero-order valence-electron chi connectivity index (χ0n) is 14.3. The van der Waals surface area contributed by atoms with Gasteiger partial charge in [-0.05, 0) is 0 Å². The number of imidazole rings is 1. The van der Waals surface area contributed by atoms with Crippen molar-refractivity contribution in [2.75, 3.05) is 58.4 Å². The van der Waals surface area contributed by atoms with E-state index >= 15 is 0 Å². The van der Waals surface area contributed by atoms with Crippen molar-refractivity contribution in [1.29, 1.82) is 0 Å². The number of rotatable bonds is 2. The fraction of sp³-hybridized carbons (Fsp3) is 0.600. The topological polar surface area (TPSA) is 99.6 Å². The van der Waals surface area contributed by atoms with E-state index in [0.29, 0.717) is 56.5 Å². The van der Waals surface area contributed by atoms with Crippen molar-refractivity contribution < 1.29 is 9.53 Å². The number of H-pyrrole nitrogens is 1. The summed E-state index contributed by atoms with van der Waals surface area (Å²) in [5.41, 5.74) is 0.646. The number of urea groups is 1. The second-order valence-electron chi connectivity index (χ2n) is 6.55. The lowest BCUT2D eigenvalue weighted by molar-refractivity contribution is 0.107. The molecule has 0 aliphatic carbocycles. The molecule has 2 aromatic rings. The number of morpholine rings is 1. The average Bonchev–Trinajstić information content (AvgIpc) is 2.98. The Kier molecular flexibility index (Phi) is 3.83. The molecule has 10 nitrogen and oxygen atoms in total. The molecule has 134 valence electrons. The van der Waals surface area contributed by atoms with E-state index in [2.05, 4.69) is 15.0 Å². The van der Waals surface area contributed by atoms with Crippen LogP contribution < -0.4 is 10.5 Å². The molecule has 0 bridgehead atoms. The van der Waals surface area contributed by atoms with Gasteiger partial charge in [0.25, 0.3) is 5.56 Å². The minimum absolute atomic E-state index is 0.0134. The van der Waals surface area contributed by atoms with E-state index in [9.17, 15) is 9.59 Å². The molecule has 2 aliphatic heterocycles. The number of nitrogens with one attached hydrogen (secondary N) is 1. The summed E-state index contributed by atoms with van der Waals surface area (Å²) in [6, 6.07) is 0.0706. The highest BCUT2D eigenvalue weighted by Gasteiger charge is 2.34. The molecule has 25 heavy (non-hydrogen) atoms. The van der Waals surface area contributed by atoms with Crippen LogP contribution >= 0.6 is 0 Å². The summed E-state index contributed by atoms with van der Waals surface area (Å²) in [5.74, 6) is 0.545. The number of hydrogen-bond acceptors (Lipinski definition) is 6. The molecule has 4 heterocycles. The normalized spacial score (nSPS) is 18.5. The lowest BCUT2D eigenvalue weighted by atomic mass is 10.1. The summed E-state index contributed by atoms with van der Waals surface area (Å²) in [5, 5.41) is 0. The molecular weight excluding hydrogens is 326 g/mol. The van der Waals surface area contributed by atoms with Crippen molar-refractivity contribution in [3.8, 4) is 0 Å². The minimum Gasteiger partial charge on any atom is -0.378 e. The summed E-state index contributed by atoms with van der Waals surface area (Å²) in [7, 11) is 3.47. The maximum absolute atomic E-state index is 12.3. The molecule has 0 unspecified atom stereocenters. The molecular formula is C15H21N7O3. The number of fused-ring (bicyclic) bond motifs is 1. The number of carbonyl (C=O) groups is 1. The first-order chi connectivity index (χ1) is 12.0. The predicted octanol–water partition coefficient (Wildman–Crippen LogP) is -0.505. The number of hydrogen-bond donors (Lipinski definition) is 1. The van der Waals surface area contributed by atoms with Gasteiger partial charge in [-0.1, -0.05) is 0 Å². The fourth-order valence-electron chi connectivity index (χ4n) is 3.18. The van der Waals surface area contributed by atoms with Crippen LogP contribution in [0.1, 0.15) is 6.04 Å². The number of aromatic amines is 1. The van der Waals surface area contributed by atoms with E-state index in [0.717, 1.165) is 0 Å². The van der Waals surface area contributed by atoms with Gasteiger partial charge >= 0.3 is 6.03 Å². The van der Waals surface area contributed by atoms with Crippen LogP contribution in [0, 0.1) is 0 Å². The van der Waals surface area contributed by atoms with Crippen molar-refractivity contribution in [2.45, 2.75) is 6.04 Å². The summed E-state index contributed by atoms with van der Waals surface area (Å²) < 4.78 is 7.24. The van der Waals surface area contributed by atoms with Crippen LogP contribution in [-0.2, 0) is 4.74 Å². The molecule has 0 spiro atoms. The predicted molar refractivity (Wildman–Crippen MR) is 90.9 cm³/mol. The van der Waals surface area contributed by atoms with Crippen LogP contribution in [0.25, 0.3) is 11.2 Å². The van der Waals surface area contributed by atoms with Crippen molar-refractivity contribution in [2.24, 2.45) is 0 Å². The molecule has 2 saturated heterocycles. The molecule has 0 atom stereocenters. The maximum atomic E-state index is 12.3. The molecule has 4 rings (SSSR count). The lowest BCUT2D eigenvalue weighted by Gasteiger charge is -2.41. The Labute approximate surface area is 144 Å². The van der Waals surface area contributed by atoms with E-state index in [-0.39, 0.29) is 17.6 Å². The van der Waals surface area contributed by atoms with Gasteiger partial charge in [0.05, 0.1) is 25.6 Å². The third-order valence-corrected chi connectivity index (χ3v) is 4.64. The molecule has 0 saturated carbocycles. The minimum atomic E-state index is -0.245. The van der Waals surface area contributed by atoms with Crippen molar-refractivity contribution in [1.82, 2.24) is 29.3 Å². The van der Waals surface area contributed by atoms with Gasteiger partial charge in [0.2, 0.25) is 5.95 Å². The second-order valence-corrected chi connectivity index (χ2v) is 6.55. The molecule has 2 aliphatic rings. The first kappa shape index (κ1) is 15.9.